The second-order valence-corrected chi connectivity index (χ2v) is 6.02. The topological polar surface area (TPSA) is 15.3 Å². The van der Waals surface area contributed by atoms with Gasteiger partial charge in [0.1, 0.15) is 5.82 Å². The summed E-state index contributed by atoms with van der Waals surface area (Å²) in [6.45, 7) is 2.37. The Kier molecular flexibility index (Phi) is 3.15. The number of hydrogen-bond donors (Lipinski definition) is 1. The van der Waals surface area contributed by atoms with Gasteiger partial charge in [0.05, 0.1) is 0 Å². The van der Waals surface area contributed by atoms with Gasteiger partial charge in [-0.25, -0.2) is 4.39 Å². The number of fused-ring (bicyclic) bond motifs is 1. The zero-order valence-electron chi connectivity index (χ0n) is 12.0. The normalized spacial score (nSPS) is 17.1. The van der Waals surface area contributed by atoms with E-state index in [2.05, 4.69) is 34.5 Å². The maximum Gasteiger partial charge on any atom is 0.129 e. The van der Waals surface area contributed by atoms with Crippen molar-refractivity contribution in [1.29, 1.82) is 0 Å². The smallest absolute Gasteiger partial charge is 0.129 e. The van der Waals surface area contributed by atoms with Crippen LogP contribution in [0.4, 0.5) is 10.1 Å². The van der Waals surface area contributed by atoms with Crippen LogP contribution >= 0.6 is 0 Å². The highest BCUT2D eigenvalue weighted by Crippen LogP contribution is 2.32. The van der Waals surface area contributed by atoms with Gasteiger partial charge in [0.15, 0.2) is 0 Å². The van der Waals surface area contributed by atoms with Crippen molar-refractivity contribution in [1.82, 2.24) is 5.32 Å². The Bertz CT molecular complexity index is 639. The molecule has 0 radical (unpaired) electrons. The number of halogens is 1. The van der Waals surface area contributed by atoms with Crippen LogP contribution < -0.4 is 10.2 Å². The van der Waals surface area contributed by atoms with Gasteiger partial charge >= 0.3 is 0 Å². The molecule has 21 heavy (non-hydrogen) atoms. The van der Waals surface area contributed by atoms with E-state index in [1.165, 1.54) is 24.0 Å². The second kappa shape index (κ2) is 5.15. The first-order valence-corrected chi connectivity index (χ1v) is 7.64. The van der Waals surface area contributed by atoms with E-state index in [9.17, 15) is 4.39 Å². The van der Waals surface area contributed by atoms with E-state index in [-0.39, 0.29) is 5.82 Å². The number of hydrogen-bond acceptors (Lipinski definition) is 2. The van der Waals surface area contributed by atoms with Crippen LogP contribution in [-0.2, 0) is 19.6 Å². The molecule has 0 spiro atoms. The van der Waals surface area contributed by atoms with E-state index in [0.717, 1.165) is 24.3 Å². The molecule has 1 heterocycles. The van der Waals surface area contributed by atoms with E-state index >= 15 is 0 Å². The lowest BCUT2D eigenvalue weighted by atomic mass is 10.1. The maximum atomic E-state index is 14.2. The molecule has 1 saturated carbocycles. The molecule has 2 nitrogen and oxygen atoms in total. The predicted octanol–water partition coefficient (Wildman–Crippen LogP) is 3.60. The molecule has 0 amide bonds. The summed E-state index contributed by atoms with van der Waals surface area (Å²) in [4.78, 5) is 2.28. The van der Waals surface area contributed by atoms with E-state index in [1.54, 1.807) is 6.07 Å². The van der Waals surface area contributed by atoms with Crippen molar-refractivity contribution < 1.29 is 4.39 Å². The Labute approximate surface area is 124 Å². The van der Waals surface area contributed by atoms with Crippen LogP contribution in [-0.4, -0.2) is 6.04 Å². The van der Waals surface area contributed by atoms with Gasteiger partial charge in [-0.05, 0) is 36.1 Å². The highest BCUT2D eigenvalue weighted by Gasteiger charge is 2.24. The molecule has 108 valence electrons. The van der Waals surface area contributed by atoms with Gasteiger partial charge in [-0.2, -0.15) is 0 Å². The zero-order valence-corrected chi connectivity index (χ0v) is 12.0. The van der Waals surface area contributed by atoms with Crippen molar-refractivity contribution in [3.8, 4) is 0 Å². The SMILES string of the molecule is Fc1cccc(N2Cc3ccccc3C2)c1CNC1CC1. The first-order chi connectivity index (χ1) is 10.3. The quantitative estimate of drug-likeness (QED) is 0.921. The summed E-state index contributed by atoms with van der Waals surface area (Å²) < 4.78 is 14.2. The minimum absolute atomic E-state index is 0.100. The van der Waals surface area contributed by atoms with Crippen LogP contribution in [0.3, 0.4) is 0 Å². The van der Waals surface area contributed by atoms with Crippen molar-refractivity contribution >= 4 is 5.69 Å². The van der Waals surface area contributed by atoms with Gasteiger partial charge in [0.25, 0.3) is 0 Å². The maximum absolute atomic E-state index is 14.2. The summed E-state index contributed by atoms with van der Waals surface area (Å²) in [7, 11) is 0. The van der Waals surface area contributed by atoms with Gasteiger partial charge < -0.3 is 10.2 Å². The average molecular weight is 282 g/mol. The Morgan fingerprint density at radius 3 is 2.38 bits per heavy atom. The van der Waals surface area contributed by atoms with Crippen molar-refractivity contribution in [2.24, 2.45) is 0 Å². The summed E-state index contributed by atoms with van der Waals surface area (Å²) in [5.41, 5.74) is 4.53. The molecule has 2 aromatic carbocycles. The lowest BCUT2D eigenvalue weighted by Gasteiger charge is -2.22. The fraction of sp³-hybridized carbons (Fsp3) is 0.333. The number of anilines is 1. The molecule has 0 unspecified atom stereocenters. The number of nitrogens with one attached hydrogen (secondary N) is 1. The minimum atomic E-state index is -0.100. The highest BCUT2D eigenvalue weighted by atomic mass is 19.1. The standard InChI is InChI=1S/C18H19FN2/c19-17-6-3-7-18(16(17)10-20-15-8-9-15)21-11-13-4-1-2-5-14(13)12-21/h1-7,15,20H,8-12H2. The Morgan fingerprint density at radius 1 is 1.00 bits per heavy atom. The minimum Gasteiger partial charge on any atom is -0.363 e. The van der Waals surface area contributed by atoms with Crippen LogP contribution in [0.1, 0.15) is 29.5 Å². The molecule has 2 aromatic rings. The number of rotatable bonds is 4. The van der Waals surface area contributed by atoms with Crippen molar-refractivity contribution in [3.05, 3.63) is 65.0 Å². The van der Waals surface area contributed by atoms with Gasteiger partial charge in [0, 0.05) is 36.9 Å². The van der Waals surface area contributed by atoms with E-state index < -0.39 is 0 Å². The third kappa shape index (κ3) is 2.54. The van der Waals surface area contributed by atoms with Crippen LogP contribution in [0.2, 0.25) is 0 Å². The molecule has 1 fully saturated rings. The molecule has 1 aliphatic heterocycles. The number of nitrogens with zero attached hydrogens (tertiary/aromatic N) is 1. The summed E-state index contributed by atoms with van der Waals surface area (Å²) in [6, 6.07) is 14.5. The third-order valence-corrected chi connectivity index (χ3v) is 4.42. The van der Waals surface area contributed by atoms with E-state index in [4.69, 9.17) is 0 Å². The van der Waals surface area contributed by atoms with Crippen LogP contribution in [0.5, 0.6) is 0 Å². The first kappa shape index (κ1) is 12.8. The molecule has 1 N–H and O–H groups in total. The first-order valence-electron chi connectivity index (χ1n) is 7.64. The van der Waals surface area contributed by atoms with Crippen LogP contribution in [0, 0.1) is 5.82 Å². The Hall–Kier alpha value is -1.87. The molecule has 0 bridgehead atoms. The van der Waals surface area contributed by atoms with Crippen molar-refractivity contribution in [2.75, 3.05) is 4.90 Å². The average Bonchev–Trinajstić information content (AvgIpc) is 3.22. The molecule has 2 aliphatic rings. The lowest BCUT2D eigenvalue weighted by Crippen LogP contribution is -2.22. The lowest BCUT2D eigenvalue weighted by molar-refractivity contribution is 0.585. The molecule has 0 aromatic heterocycles. The van der Waals surface area contributed by atoms with Gasteiger partial charge in [0.2, 0.25) is 0 Å². The fourth-order valence-corrected chi connectivity index (χ4v) is 3.06. The summed E-state index contributed by atoms with van der Waals surface area (Å²) in [6.07, 6.45) is 2.44. The Morgan fingerprint density at radius 2 is 1.71 bits per heavy atom. The van der Waals surface area contributed by atoms with Gasteiger partial charge in [-0.1, -0.05) is 30.3 Å². The van der Waals surface area contributed by atoms with Gasteiger partial charge in [-0.3, -0.25) is 0 Å². The van der Waals surface area contributed by atoms with Crippen molar-refractivity contribution in [2.45, 2.75) is 38.5 Å². The highest BCUT2D eigenvalue weighted by molar-refractivity contribution is 5.57. The van der Waals surface area contributed by atoms with Crippen LogP contribution in [0.15, 0.2) is 42.5 Å². The van der Waals surface area contributed by atoms with E-state index in [0.29, 0.717) is 12.6 Å². The van der Waals surface area contributed by atoms with E-state index in [1.807, 2.05) is 12.1 Å². The monoisotopic (exact) mass is 282 g/mol. The zero-order chi connectivity index (χ0) is 14.2. The largest absolute Gasteiger partial charge is 0.363 e. The third-order valence-electron chi connectivity index (χ3n) is 4.42. The van der Waals surface area contributed by atoms with Gasteiger partial charge in [-0.15, -0.1) is 0 Å². The van der Waals surface area contributed by atoms with Crippen LogP contribution in [0.25, 0.3) is 0 Å². The summed E-state index contributed by atoms with van der Waals surface area (Å²) >= 11 is 0. The summed E-state index contributed by atoms with van der Waals surface area (Å²) in [5.74, 6) is -0.100. The molecule has 0 saturated heterocycles. The number of benzene rings is 2. The molecule has 4 rings (SSSR count). The molecule has 3 heteroatoms. The summed E-state index contributed by atoms with van der Waals surface area (Å²) in [5, 5.41) is 3.43. The fourth-order valence-electron chi connectivity index (χ4n) is 3.06. The molecule has 1 aliphatic carbocycles. The van der Waals surface area contributed by atoms with Crippen molar-refractivity contribution in [3.63, 3.8) is 0 Å². The molecule has 0 atom stereocenters. The second-order valence-electron chi connectivity index (χ2n) is 6.02. The Balaban J connectivity index is 1.61. The molecular formula is C18H19FN2. The predicted molar refractivity (Wildman–Crippen MR) is 82.6 cm³/mol. The molecular weight excluding hydrogens is 263 g/mol.